The Morgan fingerprint density at radius 3 is 2.33 bits per heavy atom. The van der Waals surface area contributed by atoms with Gasteiger partial charge in [0, 0.05) is 29.7 Å². The average molecular weight is 452 g/mol. The molecule has 0 aromatic heterocycles. The first kappa shape index (κ1) is 22.1. The van der Waals surface area contributed by atoms with Gasteiger partial charge in [0.1, 0.15) is 5.75 Å². The van der Waals surface area contributed by atoms with Crippen molar-refractivity contribution in [2.24, 2.45) is 11.1 Å². The number of nitrogens with zero attached hydrogens (tertiary/aromatic N) is 1. The van der Waals surface area contributed by atoms with Crippen molar-refractivity contribution in [3.63, 3.8) is 0 Å². The first-order chi connectivity index (χ1) is 14.2. The van der Waals surface area contributed by atoms with Gasteiger partial charge in [-0.05, 0) is 55.3 Å². The zero-order chi connectivity index (χ0) is 21.9. The first-order valence-corrected chi connectivity index (χ1v) is 11.2. The number of nitrogens with two attached hydrogens (primary N) is 1. The Kier molecular flexibility index (Phi) is 6.64. The van der Waals surface area contributed by atoms with Gasteiger partial charge >= 0.3 is 0 Å². The molecule has 0 bridgehead atoms. The average Bonchev–Trinajstić information content (AvgIpc) is 2.73. The topological polar surface area (TPSA) is 119 Å². The maximum Gasteiger partial charge on any atom is 0.257 e. The number of nitrogens with one attached hydrogen (secondary N) is 1. The van der Waals surface area contributed by atoms with Gasteiger partial charge in [-0.2, -0.15) is 0 Å². The second kappa shape index (κ2) is 9.03. The van der Waals surface area contributed by atoms with Crippen LogP contribution in [-0.4, -0.2) is 45.3 Å². The van der Waals surface area contributed by atoms with Crippen molar-refractivity contribution in [1.29, 1.82) is 0 Å². The van der Waals surface area contributed by atoms with Gasteiger partial charge in [0.25, 0.3) is 5.91 Å². The molecule has 0 unspecified atom stereocenters. The Morgan fingerprint density at radius 2 is 1.77 bits per heavy atom. The number of halogens is 1. The number of carbonyl (C=O) groups is 2. The van der Waals surface area contributed by atoms with Crippen molar-refractivity contribution in [3.05, 3.63) is 53.1 Å². The Morgan fingerprint density at radius 1 is 1.13 bits per heavy atom. The van der Waals surface area contributed by atoms with Crippen LogP contribution >= 0.6 is 11.6 Å². The van der Waals surface area contributed by atoms with Crippen LogP contribution < -0.4 is 15.2 Å². The summed E-state index contributed by atoms with van der Waals surface area (Å²) in [6.45, 7) is 0.855. The molecule has 2 amide bonds. The predicted molar refractivity (Wildman–Crippen MR) is 113 cm³/mol. The lowest BCUT2D eigenvalue weighted by Gasteiger charge is -2.31. The molecule has 10 heteroatoms. The van der Waals surface area contributed by atoms with Crippen LogP contribution in [-0.2, 0) is 14.8 Å². The Labute approximate surface area is 180 Å². The molecule has 2 aromatic rings. The largest absolute Gasteiger partial charge is 0.496 e. The maximum absolute atomic E-state index is 12.8. The number of sulfonamides is 1. The van der Waals surface area contributed by atoms with Crippen molar-refractivity contribution < 1.29 is 22.7 Å². The minimum Gasteiger partial charge on any atom is -0.496 e. The molecule has 1 heterocycles. The van der Waals surface area contributed by atoms with Crippen molar-refractivity contribution >= 4 is 39.1 Å². The van der Waals surface area contributed by atoms with Crippen LogP contribution in [0, 0.1) is 5.92 Å². The summed E-state index contributed by atoms with van der Waals surface area (Å²) in [7, 11) is -2.29. The van der Waals surface area contributed by atoms with Gasteiger partial charge in [-0.25, -0.2) is 13.6 Å². The molecule has 3 N–H and O–H groups in total. The van der Waals surface area contributed by atoms with Crippen molar-refractivity contribution in [1.82, 2.24) is 4.90 Å². The molecule has 30 heavy (non-hydrogen) atoms. The highest BCUT2D eigenvalue weighted by molar-refractivity contribution is 7.89. The number of ether oxygens (including phenoxy) is 1. The first-order valence-electron chi connectivity index (χ1n) is 9.25. The molecule has 0 aliphatic carbocycles. The molecule has 1 saturated heterocycles. The number of amides is 2. The number of primary sulfonamides is 1. The quantitative estimate of drug-likeness (QED) is 0.723. The van der Waals surface area contributed by atoms with Crippen molar-refractivity contribution in [2.45, 2.75) is 17.7 Å². The predicted octanol–water partition coefficient (Wildman–Crippen LogP) is 2.49. The van der Waals surface area contributed by atoms with Gasteiger partial charge in [-0.1, -0.05) is 11.6 Å². The number of piperidine rings is 1. The number of carbonyl (C=O) groups excluding carboxylic acids is 2. The number of likely N-dealkylation sites (tertiary alicyclic amines) is 1. The molecule has 1 fully saturated rings. The number of methoxy groups -OCH3 is 1. The van der Waals surface area contributed by atoms with Crippen LogP contribution in [0.2, 0.25) is 5.02 Å². The zero-order valence-electron chi connectivity index (χ0n) is 16.3. The summed E-state index contributed by atoms with van der Waals surface area (Å²) in [6, 6.07) is 10.5. The lowest BCUT2D eigenvalue weighted by molar-refractivity contribution is -0.121. The van der Waals surface area contributed by atoms with Crippen LogP contribution in [0.25, 0.3) is 0 Å². The van der Waals surface area contributed by atoms with Crippen LogP contribution in [0.15, 0.2) is 47.4 Å². The van der Waals surface area contributed by atoms with E-state index in [1.54, 1.807) is 23.1 Å². The Hall–Kier alpha value is -2.62. The minimum absolute atomic E-state index is 0.0243. The summed E-state index contributed by atoms with van der Waals surface area (Å²) in [5, 5.41) is 8.29. The van der Waals surface area contributed by atoms with E-state index in [9.17, 15) is 18.0 Å². The lowest BCUT2D eigenvalue weighted by Crippen LogP contribution is -2.41. The van der Waals surface area contributed by atoms with E-state index in [-0.39, 0.29) is 22.6 Å². The fourth-order valence-corrected chi connectivity index (χ4v) is 4.02. The molecular weight excluding hydrogens is 430 g/mol. The third kappa shape index (κ3) is 5.10. The number of hydrogen-bond donors (Lipinski definition) is 2. The summed E-state index contributed by atoms with van der Waals surface area (Å²) in [4.78, 5) is 27.0. The van der Waals surface area contributed by atoms with E-state index in [0.717, 1.165) is 0 Å². The number of benzene rings is 2. The summed E-state index contributed by atoms with van der Waals surface area (Å²) < 4.78 is 27.9. The van der Waals surface area contributed by atoms with E-state index in [1.165, 1.54) is 31.4 Å². The van der Waals surface area contributed by atoms with E-state index in [1.807, 2.05) is 0 Å². The molecule has 0 radical (unpaired) electrons. The second-order valence-corrected chi connectivity index (χ2v) is 8.97. The molecule has 0 saturated carbocycles. The smallest absolute Gasteiger partial charge is 0.257 e. The van der Waals surface area contributed by atoms with Gasteiger partial charge in [0.05, 0.1) is 17.6 Å². The monoisotopic (exact) mass is 451 g/mol. The highest BCUT2D eigenvalue weighted by Crippen LogP contribution is 2.27. The lowest BCUT2D eigenvalue weighted by atomic mass is 9.95. The molecule has 1 aliphatic rings. The molecule has 160 valence electrons. The minimum atomic E-state index is -3.78. The second-order valence-electron chi connectivity index (χ2n) is 6.97. The van der Waals surface area contributed by atoms with E-state index in [0.29, 0.717) is 48.0 Å². The summed E-state index contributed by atoms with van der Waals surface area (Å²) in [5.41, 5.74) is 0.873. The summed E-state index contributed by atoms with van der Waals surface area (Å²) in [5.74, 6) is -0.169. The SMILES string of the molecule is COc1ccc(Cl)cc1C(=O)N1CCC(C(=O)Nc2ccc(S(N)(=O)=O)cc2)CC1. The molecular formula is C20H22ClN3O5S. The van der Waals surface area contributed by atoms with Gasteiger partial charge in [-0.15, -0.1) is 0 Å². The molecule has 0 spiro atoms. The van der Waals surface area contributed by atoms with Crippen LogP contribution in [0.5, 0.6) is 5.75 Å². The normalized spacial score (nSPS) is 15.0. The van der Waals surface area contributed by atoms with Crippen molar-refractivity contribution in [3.8, 4) is 5.75 Å². The molecule has 2 aromatic carbocycles. The fourth-order valence-electron chi connectivity index (χ4n) is 3.33. The van der Waals surface area contributed by atoms with Gasteiger partial charge in [0.2, 0.25) is 15.9 Å². The fraction of sp³-hybridized carbons (Fsp3) is 0.300. The van der Waals surface area contributed by atoms with Gasteiger partial charge in [-0.3, -0.25) is 9.59 Å². The van der Waals surface area contributed by atoms with Gasteiger partial charge < -0.3 is 15.0 Å². The summed E-state index contributed by atoms with van der Waals surface area (Å²) >= 11 is 6.01. The van der Waals surface area contributed by atoms with Crippen LogP contribution in [0.3, 0.4) is 0 Å². The van der Waals surface area contributed by atoms with Crippen LogP contribution in [0.1, 0.15) is 23.2 Å². The summed E-state index contributed by atoms with van der Waals surface area (Å²) in [6.07, 6.45) is 1.02. The Bertz CT molecular complexity index is 1050. The Balaban J connectivity index is 1.59. The van der Waals surface area contributed by atoms with Crippen molar-refractivity contribution in [2.75, 3.05) is 25.5 Å². The number of rotatable bonds is 5. The van der Waals surface area contributed by atoms with E-state index in [4.69, 9.17) is 21.5 Å². The van der Waals surface area contributed by atoms with E-state index in [2.05, 4.69) is 5.32 Å². The molecule has 1 aliphatic heterocycles. The van der Waals surface area contributed by atoms with E-state index < -0.39 is 10.0 Å². The molecule has 3 rings (SSSR count). The number of hydrogen-bond acceptors (Lipinski definition) is 5. The molecule has 8 nitrogen and oxygen atoms in total. The highest BCUT2D eigenvalue weighted by Gasteiger charge is 2.29. The highest BCUT2D eigenvalue weighted by atomic mass is 35.5. The van der Waals surface area contributed by atoms with Gasteiger partial charge in [0.15, 0.2) is 0 Å². The third-order valence-electron chi connectivity index (χ3n) is 5.00. The van der Waals surface area contributed by atoms with E-state index >= 15 is 0 Å². The zero-order valence-corrected chi connectivity index (χ0v) is 17.9. The third-order valence-corrected chi connectivity index (χ3v) is 6.16. The van der Waals surface area contributed by atoms with Crippen LogP contribution in [0.4, 0.5) is 5.69 Å². The molecule has 0 atom stereocenters. The number of anilines is 1. The maximum atomic E-state index is 12.8. The standard InChI is InChI=1S/C20H22ClN3O5S/c1-29-18-7-2-14(21)12-17(18)20(26)24-10-8-13(9-11-24)19(25)23-15-3-5-16(6-4-15)30(22,27)28/h2-7,12-13H,8-11H2,1H3,(H,23,25)(H2,22,27,28).